The number of carbonyl (C=O) groups is 1. The van der Waals surface area contributed by atoms with Crippen molar-refractivity contribution >= 4 is 5.97 Å². The highest BCUT2D eigenvalue weighted by Gasteiger charge is 2.44. The summed E-state index contributed by atoms with van der Waals surface area (Å²) in [4.78, 5) is 12.4. The number of hydrogen-bond acceptors (Lipinski definition) is 9. The van der Waals surface area contributed by atoms with Gasteiger partial charge in [0.15, 0.2) is 6.29 Å². The van der Waals surface area contributed by atoms with Gasteiger partial charge < -0.3 is 39.4 Å². The fourth-order valence-corrected chi connectivity index (χ4v) is 4.19. The van der Waals surface area contributed by atoms with E-state index in [0.717, 1.165) is 44.9 Å². The van der Waals surface area contributed by atoms with Crippen LogP contribution in [0, 0.1) is 0 Å². The smallest absolute Gasteiger partial charge is 0.306 e. The van der Waals surface area contributed by atoms with Crippen molar-refractivity contribution in [3.05, 3.63) is 0 Å². The molecule has 9 heteroatoms. The van der Waals surface area contributed by atoms with Gasteiger partial charge in [0.1, 0.15) is 30.5 Å². The molecule has 0 bridgehead atoms. The van der Waals surface area contributed by atoms with Crippen LogP contribution in [0.1, 0.15) is 104 Å². The van der Waals surface area contributed by atoms with E-state index >= 15 is 0 Å². The van der Waals surface area contributed by atoms with Crippen molar-refractivity contribution in [1.82, 2.24) is 0 Å². The summed E-state index contributed by atoms with van der Waals surface area (Å²) in [5, 5.41) is 39.4. The van der Waals surface area contributed by atoms with Crippen LogP contribution in [0.15, 0.2) is 0 Å². The zero-order valence-electron chi connectivity index (χ0n) is 22.5. The van der Waals surface area contributed by atoms with Crippen LogP contribution in [-0.2, 0) is 23.7 Å². The fourth-order valence-electron chi connectivity index (χ4n) is 4.19. The normalized spacial score (nSPS) is 25.1. The van der Waals surface area contributed by atoms with Crippen LogP contribution in [0.2, 0.25) is 0 Å². The van der Waals surface area contributed by atoms with Crippen molar-refractivity contribution in [2.45, 2.75) is 141 Å². The maximum atomic E-state index is 12.4. The summed E-state index contributed by atoms with van der Waals surface area (Å²) >= 11 is 0. The Hall–Kier alpha value is -0.810. The lowest BCUT2D eigenvalue weighted by Gasteiger charge is -2.39. The van der Waals surface area contributed by atoms with Crippen LogP contribution in [0.5, 0.6) is 0 Å². The average molecular weight is 521 g/mol. The third kappa shape index (κ3) is 14.2. The summed E-state index contributed by atoms with van der Waals surface area (Å²) in [5.74, 6) is -0.329. The van der Waals surface area contributed by atoms with Crippen LogP contribution < -0.4 is 0 Å². The van der Waals surface area contributed by atoms with E-state index in [4.69, 9.17) is 18.9 Å². The van der Waals surface area contributed by atoms with E-state index in [-0.39, 0.29) is 19.2 Å². The molecule has 1 saturated heterocycles. The minimum absolute atomic E-state index is 0.109. The highest BCUT2D eigenvalue weighted by molar-refractivity contribution is 5.69. The number of esters is 1. The number of hydrogen-bond donors (Lipinski definition) is 4. The Morgan fingerprint density at radius 1 is 0.778 bits per heavy atom. The van der Waals surface area contributed by atoms with Crippen molar-refractivity contribution in [3.63, 3.8) is 0 Å². The predicted molar refractivity (Wildman–Crippen MR) is 136 cm³/mol. The van der Waals surface area contributed by atoms with Gasteiger partial charge in [-0.1, -0.05) is 84.5 Å². The largest absolute Gasteiger partial charge is 0.457 e. The zero-order valence-corrected chi connectivity index (χ0v) is 22.5. The van der Waals surface area contributed by atoms with Crippen LogP contribution >= 0.6 is 0 Å². The summed E-state index contributed by atoms with van der Waals surface area (Å²) in [6.45, 7) is 4.41. The highest BCUT2D eigenvalue weighted by Crippen LogP contribution is 2.22. The first-order valence-corrected chi connectivity index (χ1v) is 14.1. The molecule has 1 aliphatic heterocycles. The van der Waals surface area contributed by atoms with Gasteiger partial charge in [0, 0.05) is 13.0 Å². The first kappa shape index (κ1) is 33.2. The maximum absolute atomic E-state index is 12.4. The molecule has 1 rings (SSSR count). The van der Waals surface area contributed by atoms with Crippen LogP contribution in [0.3, 0.4) is 0 Å². The van der Waals surface area contributed by atoms with Gasteiger partial charge >= 0.3 is 5.97 Å². The molecule has 0 aromatic carbocycles. The molecule has 0 amide bonds. The molecule has 6 atom stereocenters. The minimum atomic E-state index is -1.52. The number of rotatable bonds is 22. The number of carbonyl (C=O) groups excluding carboxylic acids is 1. The van der Waals surface area contributed by atoms with E-state index in [2.05, 4.69) is 13.8 Å². The molecule has 0 spiro atoms. The Balaban J connectivity index is 2.45. The lowest BCUT2D eigenvalue weighted by atomic mass is 9.99. The van der Waals surface area contributed by atoms with Crippen LogP contribution in [-0.4, -0.2) is 89.6 Å². The van der Waals surface area contributed by atoms with Gasteiger partial charge in [0.25, 0.3) is 0 Å². The summed E-state index contributed by atoms with van der Waals surface area (Å²) in [6, 6.07) is 0. The summed E-state index contributed by atoms with van der Waals surface area (Å²) in [5.41, 5.74) is 0. The molecule has 9 nitrogen and oxygen atoms in total. The summed E-state index contributed by atoms with van der Waals surface area (Å²) in [6.07, 6.45) is 7.49. The Kier molecular flexibility index (Phi) is 19.5. The van der Waals surface area contributed by atoms with Crippen LogP contribution in [0.4, 0.5) is 0 Å². The second-order valence-electron chi connectivity index (χ2n) is 9.86. The quantitative estimate of drug-likeness (QED) is 0.125. The van der Waals surface area contributed by atoms with Gasteiger partial charge in [-0.2, -0.15) is 0 Å². The third-order valence-corrected chi connectivity index (χ3v) is 6.52. The van der Waals surface area contributed by atoms with Gasteiger partial charge in [-0.25, -0.2) is 0 Å². The molecule has 36 heavy (non-hydrogen) atoms. The summed E-state index contributed by atoms with van der Waals surface area (Å²) in [7, 11) is 0. The Labute approximate surface area is 217 Å². The van der Waals surface area contributed by atoms with E-state index in [0.29, 0.717) is 13.0 Å². The van der Waals surface area contributed by atoms with E-state index in [1.807, 2.05) is 0 Å². The molecule has 4 N–H and O–H groups in total. The van der Waals surface area contributed by atoms with Gasteiger partial charge in [0.05, 0.1) is 19.8 Å². The van der Waals surface area contributed by atoms with Crippen LogP contribution in [0.25, 0.3) is 0 Å². The molecular formula is C27H52O9. The maximum Gasteiger partial charge on any atom is 0.306 e. The highest BCUT2D eigenvalue weighted by atomic mass is 16.7. The monoisotopic (exact) mass is 520 g/mol. The van der Waals surface area contributed by atoms with E-state index < -0.39 is 43.4 Å². The minimum Gasteiger partial charge on any atom is -0.457 e. The second kappa shape index (κ2) is 21.2. The SMILES string of the molecule is CCCCCCCCCCOCC(COC1OC(CO)C(O)C(O)C1O)OC(=O)CCCCCCC. The third-order valence-electron chi connectivity index (χ3n) is 6.52. The first-order chi connectivity index (χ1) is 17.4. The molecule has 0 aliphatic carbocycles. The molecule has 1 fully saturated rings. The van der Waals surface area contributed by atoms with Crippen molar-refractivity contribution in [3.8, 4) is 0 Å². The lowest BCUT2D eigenvalue weighted by Crippen LogP contribution is -2.59. The second-order valence-corrected chi connectivity index (χ2v) is 9.86. The number of aliphatic hydroxyl groups excluding tert-OH is 4. The molecule has 0 radical (unpaired) electrons. The number of unbranched alkanes of at least 4 members (excludes halogenated alkanes) is 11. The molecule has 0 saturated carbocycles. The summed E-state index contributed by atoms with van der Waals surface area (Å²) < 4.78 is 22.3. The number of ether oxygens (including phenoxy) is 4. The standard InChI is InChI=1S/C27H52O9/c1-3-5-7-9-10-11-13-15-17-33-19-21(35-23(29)16-14-12-8-6-4-2)20-34-27-26(32)25(31)24(30)22(18-28)36-27/h21-22,24-28,30-32H,3-20H2,1-2H3. The Bertz CT molecular complexity index is 531. The van der Waals surface area contributed by atoms with E-state index in [1.54, 1.807) is 0 Å². The average Bonchev–Trinajstić information content (AvgIpc) is 2.87. The van der Waals surface area contributed by atoms with E-state index in [1.165, 1.54) is 38.5 Å². The van der Waals surface area contributed by atoms with Crippen molar-refractivity contribution in [2.75, 3.05) is 26.4 Å². The zero-order chi connectivity index (χ0) is 26.6. The fraction of sp³-hybridized carbons (Fsp3) is 0.963. The van der Waals surface area contributed by atoms with E-state index in [9.17, 15) is 25.2 Å². The molecule has 1 heterocycles. The molecule has 0 aromatic rings. The molecular weight excluding hydrogens is 468 g/mol. The van der Waals surface area contributed by atoms with Gasteiger partial charge in [-0.15, -0.1) is 0 Å². The first-order valence-electron chi connectivity index (χ1n) is 14.1. The molecule has 6 unspecified atom stereocenters. The molecule has 0 aromatic heterocycles. The van der Waals surface area contributed by atoms with Crippen molar-refractivity contribution in [1.29, 1.82) is 0 Å². The molecule has 214 valence electrons. The van der Waals surface area contributed by atoms with Gasteiger partial charge in [0.2, 0.25) is 0 Å². The van der Waals surface area contributed by atoms with Gasteiger partial charge in [-0.05, 0) is 12.8 Å². The number of aliphatic hydroxyl groups is 4. The Morgan fingerprint density at radius 2 is 1.36 bits per heavy atom. The molecule has 1 aliphatic rings. The van der Waals surface area contributed by atoms with Crippen molar-refractivity contribution < 1.29 is 44.2 Å². The topological polar surface area (TPSA) is 135 Å². The predicted octanol–water partition coefficient (Wildman–Crippen LogP) is 3.23. The van der Waals surface area contributed by atoms with Crippen molar-refractivity contribution in [2.24, 2.45) is 0 Å². The Morgan fingerprint density at radius 3 is 1.97 bits per heavy atom. The van der Waals surface area contributed by atoms with Gasteiger partial charge in [-0.3, -0.25) is 4.79 Å². The lowest BCUT2D eigenvalue weighted by molar-refractivity contribution is -0.305.